The van der Waals surface area contributed by atoms with Gasteiger partial charge < -0.3 is 19.7 Å². The molecule has 1 N–H and O–H groups in total. The van der Waals surface area contributed by atoms with Gasteiger partial charge in [0.2, 0.25) is 11.8 Å². The van der Waals surface area contributed by atoms with E-state index in [0.29, 0.717) is 17.2 Å². The highest BCUT2D eigenvalue weighted by molar-refractivity contribution is 6.04. The minimum absolute atomic E-state index is 0.0464. The summed E-state index contributed by atoms with van der Waals surface area (Å²) in [7, 11) is 2.95. The Morgan fingerprint density at radius 1 is 1.24 bits per heavy atom. The first-order chi connectivity index (χ1) is 13.8. The molecule has 29 heavy (non-hydrogen) atoms. The van der Waals surface area contributed by atoms with Crippen LogP contribution in [0, 0.1) is 21.8 Å². The zero-order chi connectivity index (χ0) is 21.1. The summed E-state index contributed by atoms with van der Waals surface area (Å²) >= 11 is 0. The van der Waals surface area contributed by atoms with Gasteiger partial charge in [-0.05, 0) is 18.2 Å². The summed E-state index contributed by atoms with van der Waals surface area (Å²) in [6.07, 6.45) is -0.0945. The second-order valence-corrected chi connectivity index (χ2v) is 6.35. The quantitative estimate of drug-likeness (QED) is 0.586. The van der Waals surface area contributed by atoms with Crippen molar-refractivity contribution in [2.75, 3.05) is 31.0 Å². The van der Waals surface area contributed by atoms with Crippen molar-refractivity contribution in [2.24, 2.45) is 5.92 Å². The molecule has 2 aromatic rings. The lowest BCUT2D eigenvalue weighted by atomic mass is 10.1. The second kappa shape index (κ2) is 8.13. The fraction of sp³-hybridized carbons (Fsp3) is 0.263. The predicted octanol–water partition coefficient (Wildman–Crippen LogP) is 2.74. The van der Waals surface area contributed by atoms with Crippen LogP contribution in [0.15, 0.2) is 36.4 Å². The number of nitro benzene ring substituents is 1. The molecule has 2 aromatic carbocycles. The summed E-state index contributed by atoms with van der Waals surface area (Å²) in [5.41, 5.74) is -0.213. The maximum absolute atomic E-state index is 13.9. The van der Waals surface area contributed by atoms with E-state index in [1.165, 1.54) is 19.1 Å². The molecule has 152 valence electrons. The largest absolute Gasteiger partial charge is 0.497 e. The molecule has 1 atom stereocenters. The summed E-state index contributed by atoms with van der Waals surface area (Å²) < 4.78 is 24.4. The Bertz CT molecular complexity index is 980. The Labute approximate surface area is 165 Å². The summed E-state index contributed by atoms with van der Waals surface area (Å²) in [6, 6.07) is 7.79. The van der Waals surface area contributed by atoms with Crippen molar-refractivity contribution in [2.45, 2.75) is 6.42 Å². The Morgan fingerprint density at radius 2 is 2.00 bits per heavy atom. The first-order valence-corrected chi connectivity index (χ1v) is 8.61. The van der Waals surface area contributed by atoms with Gasteiger partial charge in [0.1, 0.15) is 17.3 Å². The normalized spacial score (nSPS) is 15.9. The third-order valence-corrected chi connectivity index (χ3v) is 4.59. The van der Waals surface area contributed by atoms with E-state index >= 15 is 0 Å². The molecule has 0 spiro atoms. The molecular formula is C19H18FN3O6. The highest BCUT2D eigenvalue weighted by atomic mass is 19.1. The van der Waals surface area contributed by atoms with Crippen LogP contribution in [-0.2, 0) is 9.59 Å². The fourth-order valence-electron chi connectivity index (χ4n) is 3.08. The average molecular weight is 403 g/mol. The van der Waals surface area contributed by atoms with Gasteiger partial charge >= 0.3 is 0 Å². The van der Waals surface area contributed by atoms with Crippen LogP contribution in [0.2, 0.25) is 0 Å². The number of amides is 2. The number of carbonyl (C=O) groups is 2. The fourth-order valence-corrected chi connectivity index (χ4v) is 3.08. The number of nitrogens with one attached hydrogen (secondary N) is 1. The number of hydrogen-bond acceptors (Lipinski definition) is 6. The van der Waals surface area contributed by atoms with E-state index in [1.54, 1.807) is 18.2 Å². The Hall–Kier alpha value is -3.69. The molecule has 2 amide bonds. The lowest BCUT2D eigenvalue weighted by molar-refractivity contribution is -0.384. The lowest BCUT2D eigenvalue weighted by Crippen LogP contribution is -2.28. The number of benzene rings is 2. The Kier molecular flexibility index (Phi) is 5.62. The molecule has 0 aromatic heterocycles. The molecule has 3 rings (SSSR count). The third-order valence-electron chi connectivity index (χ3n) is 4.59. The molecule has 10 heteroatoms. The first kappa shape index (κ1) is 20.1. The van der Waals surface area contributed by atoms with Crippen LogP contribution in [0.3, 0.4) is 0 Å². The second-order valence-electron chi connectivity index (χ2n) is 6.35. The minimum Gasteiger partial charge on any atom is -0.497 e. The molecule has 0 saturated carbocycles. The maximum Gasteiger partial charge on any atom is 0.271 e. The van der Waals surface area contributed by atoms with Crippen LogP contribution in [-0.4, -0.2) is 37.5 Å². The van der Waals surface area contributed by atoms with Gasteiger partial charge in [-0.25, -0.2) is 4.39 Å². The molecule has 1 fully saturated rings. The standard InChI is InChI=1S/C19H18FN3O6/c1-28-13-4-6-17(29-2)16(9-13)22-10-11(7-18(22)24)19(25)21-15-8-12(23(26)27)3-5-14(15)20/h3-6,8-9,11H,7,10H2,1-2H3,(H,21,25)/t11-/m1/s1. The van der Waals surface area contributed by atoms with Gasteiger partial charge in [0.15, 0.2) is 0 Å². The van der Waals surface area contributed by atoms with Gasteiger partial charge in [-0.15, -0.1) is 0 Å². The van der Waals surface area contributed by atoms with Crippen molar-refractivity contribution >= 4 is 28.9 Å². The van der Waals surface area contributed by atoms with Crippen molar-refractivity contribution in [1.82, 2.24) is 0 Å². The number of carbonyl (C=O) groups excluding carboxylic acids is 2. The Balaban J connectivity index is 1.80. The number of rotatable bonds is 6. The van der Waals surface area contributed by atoms with E-state index in [2.05, 4.69) is 5.32 Å². The minimum atomic E-state index is -0.806. The van der Waals surface area contributed by atoms with E-state index in [9.17, 15) is 24.1 Å². The zero-order valence-corrected chi connectivity index (χ0v) is 15.7. The van der Waals surface area contributed by atoms with Crippen LogP contribution in [0.5, 0.6) is 11.5 Å². The van der Waals surface area contributed by atoms with Crippen LogP contribution in [0.4, 0.5) is 21.5 Å². The number of nitrogens with zero attached hydrogens (tertiary/aromatic N) is 2. The van der Waals surface area contributed by atoms with E-state index in [-0.39, 0.29) is 30.2 Å². The summed E-state index contributed by atoms with van der Waals surface area (Å²) in [5.74, 6) is -1.54. The van der Waals surface area contributed by atoms with Crippen molar-refractivity contribution in [3.05, 3.63) is 52.3 Å². The molecule has 9 nitrogen and oxygen atoms in total. The number of non-ortho nitro benzene ring substituents is 1. The molecule has 0 aliphatic carbocycles. The molecular weight excluding hydrogens is 385 g/mol. The van der Waals surface area contributed by atoms with E-state index in [1.807, 2.05) is 0 Å². The maximum atomic E-state index is 13.9. The van der Waals surface area contributed by atoms with Crippen LogP contribution >= 0.6 is 0 Å². The SMILES string of the molecule is COc1ccc(OC)c(N2C[C@H](C(=O)Nc3cc([N+](=O)[O-])ccc3F)CC2=O)c1. The van der Waals surface area contributed by atoms with Crippen molar-refractivity contribution in [3.8, 4) is 11.5 Å². The van der Waals surface area contributed by atoms with Crippen molar-refractivity contribution in [3.63, 3.8) is 0 Å². The number of ether oxygens (including phenoxy) is 2. The predicted molar refractivity (Wildman–Crippen MR) is 102 cm³/mol. The van der Waals surface area contributed by atoms with Gasteiger partial charge in [0.25, 0.3) is 5.69 Å². The summed E-state index contributed by atoms with van der Waals surface area (Å²) in [5, 5.41) is 13.2. The van der Waals surface area contributed by atoms with E-state index in [4.69, 9.17) is 9.47 Å². The monoisotopic (exact) mass is 403 g/mol. The number of hydrogen-bond donors (Lipinski definition) is 1. The van der Waals surface area contributed by atoms with Gasteiger partial charge in [0.05, 0.1) is 36.4 Å². The molecule has 0 radical (unpaired) electrons. The van der Waals surface area contributed by atoms with Crippen LogP contribution in [0.1, 0.15) is 6.42 Å². The van der Waals surface area contributed by atoms with Gasteiger partial charge in [0, 0.05) is 31.2 Å². The Morgan fingerprint density at radius 3 is 2.66 bits per heavy atom. The number of methoxy groups -OCH3 is 2. The van der Waals surface area contributed by atoms with Gasteiger partial charge in [-0.2, -0.15) is 0 Å². The average Bonchev–Trinajstić information content (AvgIpc) is 3.10. The summed E-state index contributed by atoms with van der Waals surface area (Å²) in [4.78, 5) is 36.6. The first-order valence-electron chi connectivity index (χ1n) is 8.61. The number of halogens is 1. The van der Waals surface area contributed by atoms with Crippen molar-refractivity contribution in [1.29, 1.82) is 0 Å². The molecule has 1 saturated heterocycles. The smallest absolute Gasteiger partial charge is 0.271 e. The molecule has 1 heterocycles. The highest BCUT2D eigenvalue weighted by Crippen LogP contribution is 2.36. The lowest BCUT2D eigenvalue weighted by Gasteiger charge is -2.20. The van der Waals surface area contributed by atoms with Gasteiger partial charge in [-0.1, -0.05) is 0 Å². The summed E-state index contributed by atoms with van der Waals surface area (Å²) in [6.45, 7) is 0.0464. The topological polar surface area (TPSA) is 111 Å². The number of nitro groups is 1. The molecule has 1 aliphatic heterocycles. The van der Waals surface area contributed by atoms with E-state index in [0.717, 1.165) is 18.2 Å². The third kappa shape index (κ3) is 4.10. The molecule has 0 bridgehead atoms. The number of anilines is 2. The molecule has 0 unspecified atom stereocenters. The van der Waals surface area contributed by atoms with Crippen LogP contribution in [0.25, 0.3) is 0 Å². The van der Waals surface area contributed by atoms with Crippen LogP contribution < -0.4 is 19.7 Å². The zero-order valence-electron chi connectivity index (χ0n) is 15.7. The molecule has 1 aliphatic rings. The van der Waals surface area contributed by atoms with Crippen molar-refractivity contribution < 1.29 is 28.4 Å². The van der Waals surface area contributed by atoms with E-state index < -0.39 is 22.6 Å². The highest BCUT2D eigenvalue weighted by Gasteiger charge is 2.37. The van der Waals surface area contributed by atoms with Gasteiger partial charge in [-0.3, -0.25) is 19.7 Å².